The summed E-state index contributed by atoms with van der Waals surface area (Å²) in [6.07, 6.45) is 6.73. The van der Waals surface area contributed by atoms with Crippen LogP contribution in [0.4, 0.5) is 5.69 Å². The first-order valence-corrected chi connectivity index (χ1v) is 9.03. The van der Waals surface area contributed by atoms with Crippen molar-refractivity contribution in [2.45, 2.75) is 44.6 Å². The molecule has 0 aliphatic carbocycles. The van der Waals surface area contributed by atoms with Gasteiger partial charge in [0, 0.05) is 12.2 Å². The first-order chi connectivity index (χ1) is 10.1. The predicted octanol–water partition coefficient (Wildman–Crippen LogP) is 3.44. The molecule has 0 amide bonds. The average molecular weight is 404 g/mol. The Labute approximate surface area is 140 Å². The molecule has 0 aliphatic rings. The molecule has 0 aromatic heterocycles. The highest BCUT2D eigenvalue weighted by Gasteiger charge is 2.11. The number of hydrogen-bond acceptors (Lipinski definition) is 3. The number of benzene rings is 1. The number of unbranched alkanes of at least 4 members (excludes halogenated alkanes) is 4. The molecule has 1 unspecified atom stereocenters. The number of alkyl halides is 1. The topological polar surface area (TPSA) is 75.3 Å². The molecule has 0 bridgehead atoms. The molecule has 21 heavy (non-hydrogen) atoms. The molecule has 0 heterocycles. The lowest BCUT2D eigenvalue weighted by molar-refractivity contribution is -0.138. The lowest BCUT2D eigenvalue weighted by Crippen LogP contribution is -2.32. The van der Waals surface area contributed by atoms with Crippen LogP contribution in [0.15, 0.2) is 24.3 Å². The van der Waals surface area contributed by atoms with Crippen LogP contribution in [0, 0.1) is 0 Å². The largest absolute Gasteiger partial charge is 0.480 e. The number of nitrogens with one attached hydrogen (secondary N) is 1. The van der Waals surface area contributed by atoms with Crippen molar-refractivity contribution < 1.29 is 9.90 Å². The molecule has 1 rings (SSSR count). The number of carboxylic acids is 1. The molecule has 0 fully saturated rings. The first kappa shape index (κ1) is 18.2. The third kappa shape index (κ3) is 8.26. The third-order valence-corrected chi connectivity index (χ3v) is 4.10. The van der Waals surface area contributed by atoms with Gasteiger partial charge in [-0.2, -0.15) is 0 Å². The highest BCUT2D eigenvalue weighted by Crippen LogP contribution is 2.13. The zero-order chi connectivity index (χ0) is 15.5. The average Bonchev–Trinajstić information content (AvgIpc) is 2.46. The number of hydrogen-bond donors (Lipinski definition) is 3. The smallest absolute Gasteiger partial charge is 0.320 e. The fraction of sp³-hybridized carbons (Fsp3) is 0.562. The van der Waals surface area contributed by atoms with E-state index in [0.717, 1.165) is 17.8 Å². The zero-order valence-electron chi connectivity index (χ0n) is 12.4. The standard InChI is InChI=1S/C16H25IN2O2/c17-9-4-2-1-3-5-10-19-14-8-6-7-13(11-14)12-15(18)16(20)21/h6-8,11,15,19H,1-5,9-10,12,18H2,(H,20,21). The minimum atomic E-state index is -0.958. The second-order valence-electron chi connectivity index (χ2n) is 5.23. The van der Waals surface area contributed by atoms with E-state index in [2.05, 4.69) is 27.9 Å². The van der Waals surface area contributed by atoms with E-state index in [9.17, 15) is 4.79 Å². The van der Waals surface area contributed by atoms with E-state index in [-0.39, 0.29) is 0 Å². The van der Waals surface area contributed by atoms with Gasteiger partial charge in [0.25, 0.3) is 0 Å². The summed E-state index contributed by atoms with van der Waals surface area (Å²) < 4.78 is 1.25. The van der Waals surface area contributed by atoms with Gasteiger partial charge < -0.3 is 16.2 Å². The van der Waals surface area contributed by atoms with Crippen LogP contribution in [0.25, 0.3) is 0 Å². The third-order valence-electron chi connectivity index (χ3n) is 3.34. The molecule has 1 aromatic rings. The Morgan fingerprint density at radius 1 is 1.24 bits per heavy atom. The minimum absolute atomic E-state index is 0.362. The number of anilines is 1. The zero-order valence-corrected chi connectivity index (χ0v) is 14.5. The van der Waals surface area contributed by atoms with Crippen LogP contribution in [0.5, 0.6) is 0 Å². The molecule has 0 aliphatic heterocycles. The maximum Gasteiger partial charge on any atom is 0.320 e. The van der Waals surface area contributed by atoms with Gasteiger partial charge in [0.05, 0.1) is 0 Å². The van der Waals surface area contributed by atoms with Crippen LogP contribution < -0.4 is 11.1 Å². The fourth-order valence-electron chi connectivity index (χ4n) is 2.13. The first-order valence-electron chi connectivity index (χ1n) is 7.50. The molecule has 4 nitrogen and oxygen atoms in total. The van der Waals surface area contributed by atoms with Crippen molar-refractivity contribution in [2.24, 2.45) is 5.73 Å². The molecule has 0 radical (unpaired) electrons. The molecule has 4 N–H and O–H groups in total. The van der Waals surface area contributed by atoms with E-state index >= 15 is 0 Å². The van der Waals surface area contributed by atoms with E-state index in [1.54, 1.807) is 0 Å². The Hall–Kier alpha value is -0.820. The predicted molar refractivity (Wildman–Crippen MR) is 96.2 cm³/mol. The Bertz CT molecular complexity index is 426. The molecule has 1 aromatic carbocycles. The van der Waals surface area contributed by atoms with Gasteiger partial charge in [0.1, 0.15) is 6.04 Å². The second-order valence-corrected chi connectivity index (χ2v) is 6.31. The maximum absolute atomic E-state index is 10.8. The number of carbonyl (C=O) groups is 1. The molecular formula is C16H25IN2O2. The minimum Gasteiger partial charge on any atom is -0.480 e. The van der Waals surface area contributed by atoms with E-state index in [0.29, 0.717) is 6.42 Å². The SMILES string of the molecule is NC(Cc1cccc(NCCCCCCCI)c1)C(=O)O. The summed E-state index contributed by atoms with van der Waals surface area (Å²) in [6, 6.07) is 7.01. The Morgan fingerprint density at radius 2 is 1.95 bits per heavy atom. The summed E-state index contributed by atoms with van der Waals surface area (Å²) in [5, 5.41) is 12.2. The molecule has 5 heteroatoms. The second kappa shape index (κ2) is 10.8. The number of rotatable bonds is 11. The highest BCUT2D eigenvalue weighted by atomic mass is 127. The summed E-state index contributed by atoms with van der Waals surface area (Å²) in [4.78, 5) is 10.8. The molecule has 0 saturated heterocycles. The molecule has 1 atom stereocenters. The monoisotopic (exact) mass is 404 g/mol. The molecule has 0 saturated carbocycles. The number of nitrogens with two attached hydrogens (primary N) is 1. The van der Waals surface area contributed by atoms with Crippen LogP contribution in [0.2, 0.25) is 0 Å². The Morgan fingerprint density at radius 3 is 2.67 bits per heavy atom. The van der Waals surface area contributed by atoms with Gasteiger partial charge in [0.2, 0.25) is 0 Å². The summed E-state index contributed by atoms with van der Waals surface area (Å²) in [6.45, 7) is 0.957. The number of carboxylic acid groups (broad SMARTS) is 1. The Balaban J connectivity index is 2.27. The highest BCUT2D eigenvalue weighted by molar-refractivity contribution is 14.1. The van der Waals surface area contributed by atoms with E-state index in [4.69, 9.17) is 10.8 Å². The lowest BCUT2D eigenvalue weighted by Gasteiger charge is -2.10. The van der Waals surface area contributed by atoms with Crippen LogP contribution in [-0.4, -0.2) is 28.1 Å². The summed E-state index contributed by atoms with van der Waals surface area (Å²) in [5.74, 6) is -0.958. The van der Waals surface area contributed by atoms with E-state index in [1.807, 2.05) is 24.3 Å². The van der Waals surface area contributed by atoms with Crippen molar-refractivity contribution in [3.8, 4) is 0 Å². The summed E-state index contributed by atoms with van der Waals surface area (Å²) in [7, 11) is 0. The fourth-order valence-corrected chi connectivity index (χ4v) is 2.67. The number of halogens is 1. The van der Waals surface area contributed by atoms with Gasteiger partial charge >= 0.3 is 5.97 Å². The maximum atomic E-state index is 10.8. The summed E-state index contributed by atoms with van der Waals surface area (Å²) >= 11 is 2.42. The van der Waals surface area contributed by atoms with Crippen molar-refractivity contribution in [1.29, 1.82) is 0 Å². The van der Waals surface area contributed by atoms with Crippen molar-refractivity contribution in [3.63, 3.8) is 0 Å². The van der Waals surface area contributed by atoms with Gasteiger partial charge in [-0.15, -0.1) is 0 Å². The quantitative estimate of drug-likeness (QED) is 0.300. The van der Waals surface area contributed by atoms with Crippen LogP contribution in [0.1, 0.15) is 37.7 Å². The van der Waals surface area contributed by atoms with Crippen molar-refractivity contribution in [1.82, 2.24) is 0 Å². The van der Waals surface area contributed by atoms with Gasteiger partial charge in [-0.05, 0) is 41.4 Å². The van der Waals surface area contributed by atoms with Gasteiger partial charge in [-0.3, -0.25) is 4.79 Å². The van der Waals surface area contributed by atoms with Gasteiger partial charge in [-0.25, -0.2) is 0 Å². The van der Waals surface area contributed by atoms with Crippen molar-refractivity contribution >= 4 is 34.2 Å². The van der Waals surface area contributed by atoms with Crippen molar-refractivity contribution in [3.05, 3.63) is 29.8 Å². The number of aliphatic carboxylic acids is 1. The normalized spacial score (nSPS) is 12.1. The molecular weight excluding hydrogens is 379 g/mol. The van der Waals surface area contributed by atoms with E-state index < -0.39 is 12.0 Å². The summed E-state index contributed by atoms with van der Waals surface area (Å²) in [5.41, 5.74) is 7.55. The molecule has 118 valence electrons. The Kier molecular flexibility index (Phi) is 9.41. The van der Waals surface area contributed by atoms with Gasteiger partial charge in [0.15, 0.2) is 0 Å². The lowest BCUT2D eigenvalue weighted by atomic mass is 10.1. The van der Waals surface area contributed by atoms with Crippen LogP contribution >= 0.6 is 22.6 Å². The van der Waals surface area contributed by atoms with Gasteiger partial charge in [-0.1, -0.05) is 54.0 Å². The van der Waals surface area contributed by atoms with E-state index in [1.165, 1.54) is 36.5 Å². The van der Waals surface area contributed by atoms with Crippen LogP contribution in [-0.2, 0) is 11.2 Å². The van der Waals surface area contributed by atoms with Crippen molar-refractivity contribution in [2.75, 3.05) is 16.3 Å². The molecule has 0 spiro atoms. The van der Waals surface area contributed by atoms with Crippen LogP contribution in [0.3, 0.4) is 0 Å².